The lowest BCUT2D eigenvalue weighted by Gasteiger charge is -2.13. The first kappa shape index (κ1) is 10.7. The van der Waals surface area contributed by atoms with Crippen molar-refractivity contribution in [2.75, 3.05) is 6.61 Å². The van der Waals surface area contributed by atoms with Crippen LogP contribution in [0.5, 0.6) is 0 Å². The molecule has 3 unspecified atom stereocenters. The topological polar surface area (TPSA) is 60.7 Å². The molecule has 3 nitrogen and oxygen atoms in total. The van der Waals surface area contributed by atoms with E-state index in [0.29, 0.717) is 0 Å². The zero-order valence-corrected chi connectivity index (χ0v) is 7.59. The van der Waals surface area contributed by atoms with Crippen molar-refractivity contribution >= 4 is 27.5 Å². The Morgan fingerprint density at radius 3 is 2.20 bits per heavy atom. The minimum Gasteiger partial charge on any atom is -0.394 e. The van der Waals surface area contributed by atoms with E-state index < -0.39 is 11.7 Å². The van der Waals surface area contributed by atoms with Crippen LogP contribution >= 0.6 is 27.5 Å². The molecule has 0 aromatic rings. The van der Waals surface area contributed by atoms with E-state index in [9.17, 15) is 0 Å². The molecule has 0 fully saturated rings. The summed E-state index contributed by atoms with van der Waals surface area (Å²) < 4.78 is 0. The fourth-order valence-electron chi connectivity index (χ4n) is 0.447. The first-order valence-electron chi connectivity index (χ1n) is 2.83. The molecule has 0 saturated heterocycles. The van der Waals surface area contributed by atoms with E-state index in [4.69, 9.17) is 26.9 Å². The first-order valence-corrected chi connectivity index (χ1v) is 4.18. The zero-order valence-electron chi connectivity index (χ0n) is 5.24. The SMILES string of the molecule is OCC(O)CC(Br)C(O)Cl. The molecule has 5 heteroatoms. The van der Waals surface area contributed by atoms with Gasteiger partial charge in [0.25, 0.3) is 0 Å². The van der Waals surface area contributed by atoms with Crippen LogP contribution in [-0.2, 0) is 0 Å². The van der Waals surface area contributed by atoms with Crippen LogP contribution < -0.4 is 0 Å². The summed E-state index contributed by atoms with van der Waals surface area (Å²) in [6.07, 6.45) is -0.584. The maximum absolute atomic E-state index is 8.83. The zero-order chi connectivity index (χ0) is 8.15. The molecular formula is C5H10BrClO3. The summed E-state index contributed by atoms with van der Waals surface area (Å²) in [5.74, 6) is 0. The maximum Gasteiger partial charge on any atom is 0.140 e. The predicted octanol–water partition coefficient (Wildman–Crippen LogP) is 0.0504. The quantitative estimate of drug-likeness (QED) is 0.602. The van der Waals surface area contributed by atoms with Gasteiger partial charge in [-0.1, -0.05) is 27.5 Å². The number of alkyl halides is 2. The molecule has 0 aromatic carbocycles. The summed E-state index contributed by atoms with van der Waals surface area (Å²) >= 11 is 8.28. The molecule has 0 radical (unpaired) electrons. The fourth-order valence-corrected chi connectivity index (χ4v) is 0.981. The first-order chi connectivity index (χ1) is 4.57. The second-order valence-electron chi connectivity index (χ2n) is 1.96. The number of hydrogen-bond acceptors (Lipinski definition) is 3. The van der Waals surface area contributed by atoms with Crippen molar-refractivity contribution < 1.29 is 15.3 Å². The van der Waals surface area contributed by atoms with Crippen molar-refractivity contribution in [2.45, 2.75) is 22.9 Å². The highest BCUT2D eigenvalue weighted by molar-refractivity contribution is 9.09. The third-order valence-electron chi connectivity index (χ3n) is 1.01. The number of aliphatic hydroxyl groups excluding tert-OH is 3. The smallest absolute Gasteiger partial charge is 0.140 e. The van der Waals surface area contributed by atoms with Gasteiger partial charge in [-0.25, -0.2) is 0 Å². The van der Waals surface area contributed by atoms with Gasteiger partial charge in [-0.2, -0.15) is 0 Å². The van der Waals surface area contributed by atoms with Gasteiger partial charge in [-0.15, -0.1) is 0 Å². The molecule has 3 N–H and O–H groups in total. The van der Waals surface area contributed by atoms with Crippen molar-refractivity contribution in [1.29, 1.82) is 0 Å². The molecular weight excluding hydrogens is 223 g/mol. The summed E-state index contributed by atoms with van der Waals surface area (Å²) in [6.45, 7) is -0.314. The van der Waals surface area contributed by atoms with Crippen LogP contribution in [0.15, 0.2) is 0 Å². The maximum atomic E-state index is 8.83. The van der Waals surface area contributed by atoms with Crippen LogP contribution in [-0.4, -0.2) is 38.4 Å². The molecule has 0 amide bonds. The molecule has 0 spiro atoms. The van der Waals surface area contributed by atoms with Gasteiger partial charge in [0.2, 0.25) is 0 Å². The average molecular weight is 233 g/mol. The Hall–Kier alpha value is 0.650. The summed E-state index contributed by atoms with van der Waals surface area (Å²) in [7, 11) is 0. The van der Waals surface area contributed by atoms with Gasteiger partial charge >= 0.3 is 0 Å². The Morgan fingerprint density at radius 1 is 1.40 bits per heavy atom. The summed E-state index contributed by atoms with van der Waals surface area (Å²) in [5, 5.41) is 25.9. The summed E-state index contributed by atoms with van der Waals surface area (Å²) in [4.78, 5) is -0.378. The van der Waals surface area contributed by atoms with Gasteiger partial charge in [0, 0.05) is 0 Å². The Bertz CT molecular complexity index is 91.0. The molecule has 62 valence electrons. The molecule has 0 aromatic heterocycles. The molecule has 0 aliphatic heterocycles. The number of hydrogen-bond donors (Lipinski definition) is 3. The normalized spacial score (nSPS) is 20.1. The van der Waals surface area contributed by atoms with Gasteiger partial charge < -0.3 is 15.3 Å². The predicted molar refractivity (Wildman–Crippen MR) is 42.3 cm³/mol. The molecule has 10 heavy (non-hydrogen) atoms. The van der Waals surface area contributed by atoms with Crippen LogP contribution in [0, 0.1) is 0 Å². The number of aliphatic hydroxyl groups is 3. The lowest BCUT2D eigenvalue weighted by molar-refractivity contribution is 0.0813. The van der Waals surface area contributed by atoms with E-state index in [0.717, 1.165) is 0 Å². The van der Waals surface area contributed by atoms with Crippen LogP contribution in [0.25, 0.3) is 0 Å². The molecule has 0 bridgehead atoms. The van der Waals surface area contributed by atoms with Gasteiger partial charge in [0.1, 0.15) is 5.56 Å². The highest BCUT2D eigenvalue weighted by Crippen LogP contribution is 2.15. The Labute approximate surface area is 72.8 Å². The molecule has 0 heterocycles. The van der Waals surface area contributed by atoms with Gasteiger partial charge in [0.05, 0.1) is 17.5 Å². The van der Waals surface area contributed by atoms with Crippen LogP contribution in [0.1, 0.15) is 6.42 Å². The average Bonchev–Trinajstić information content (AvgIpc) is 1.87. The van der Waals surface area contributed by atoms with Crippen molar-refractivity contribution in [3.63, 3.8) is 0 Å². The Kier molecular flexibility index (Phi) is 5.67. The van der Waals surface area contributed by atoms with Gasteiger partial charge in [-0.3, -0.25) is 0 Å². The van der Waals surface area contributed by atoms with E-state index in [1.807, 2.05) is 0 Å². The van der Waals surface area contributed by atoms with E-state index in [1.54, 1.807) is 0 Å². The third kappa shape index (κ3) is 4.46. The van der Waals surface area contributed by atoms with Crippen LogP contribution in [0.4, 0.5) is 0 Å². The lowest BCUT2D eigenvalue weighted by atomic mass is 10.2. The van der Waals surface area contributed by atoms with Gasteiger partial charge in [-0.05, 0) is 6.42 Å². The van der Waals surface area contributed by atoms with Gasteiger partial charge in [0.15, 0.2) is 0 Å². The minimum absolute atomic E-state index is 0.237. The van der Waals surface area contributed by atoms with E-state index in [1.165, 1.54) is 0 Å². The van der Waals surface area contributed by atoms with Crippen molar-refractivity contribution in [1.82, 2.24) is 0 Å². The largest absolute Gasteiger partial charge is 0.394 e. The second-order valence-corrected chi connectivity index (χ2v) is 3.58. The third-order valence-corrected chi connectivity index (χ3v) is 2.49. The molecule has 0 rings (SSSR count). The molecule has 3 atom stereocenters. The van der Waals surface area contributed by atoms with E-state index >= 15 is 0 Å². The van der Waals surface area contributed by atoms with Crippen molar-refractivity contribution in [3.8, 4) is 0 Å². The number of rotatable bonds is 4. The minimum atomic E-state index is -1.03. The Morgan fingerprint density at radius 2 is 1.90 bits per heavy atom. The van der Waals surface area contributed by atoms with Crippen LogP contribution in [0.3, 0.4) is 0 Å². The fraction of sp³-hybridized carbons (Fsp3) is 1.00. The Balaban J connectivity index is 3.46. The van der Waals surface area contributed by atoms with Crippen LogP contribution in [0.2, 0.25) is 0 Å². The van der Waals surface area contributed by atoms with E-state index in [2.05, 4.69) is 15.9 Å². The van der Waals surface area contributed by atoms with Crippen molar-refractivity contribution in [3.05, 3.63) is 0 Å². The highest BCUT2D eigenvalue weighted by Gasteiger charge is 2.16. The second kappa shape index (κ2) is 5.32. The lowest BCUT2D eigenvalue weighted by Crippen LogP contribution is -2.23. The summed E-state index contributed by atoms with van der Waals surface area (Å²) in [5.41, 5.74) is -1.03. The summed E-state index contributed by atoms with van der Waals surface area (Å²) in [6, 6.07) is 0. The molecule has 0 aliphatic rings. The van der Waals surface area contributed by atoms with Crippen molar-refractivity contribution in [2.24, 2.45) is 0 Å². The monoisotopic (exact) mass is 232 g/mol. The standard InChI is InChI=1S/C5H10BrClO3/c6-4(5(7)10)1-3(9)2-8/h3-5,8-10H,1-2H2. The molecule has 0 aliphatic carbocycles. The number of halogens is 2. The molecule has 0 saturated carbocycles. The van der Waals surface area contributed by atoms with E-state index in [-0.39, 0.29) is 17.9 Å². The highest BCUT2D eigenvalue weighted by atomic mass is 79.9.